The molecule has 1 N–H and O–H groups in total. The molecular formula is C19H26N4O2. The van der Waals surface area contributed by atoms with Gasteiger partial charge in [0.15, 0.2) is 0 Å². The highest BCUT2D eigenvalue weighted by Crippen LogP contribution is 2.47. The van der Waals surface area contributed by atoms with Crippen molar-refractivity contribution in [3.63, 3.8) is 0 Å². The van der Waals surface area contributed by atoms with Gasteiger partial charge in [0.05, 0.1) is 12.9 Å². The smallest absolute Gasteiger partial charge is 0.318 e. The molecule has 6 heteroatoms. The average Bonchev–Trinajstić information content (AvgIpc) is 3.43. The lowest BCUT2D eigenvalue weighted by molar-refractivity contribution is 0.182. The number of amides is 2. The molecule has 25 heavy (non-hydrogen) atoms. The zero-order chi connectivity index (χ0) is 17.4. The molecule has 2 aliphatic carbocycles. The van der Waals surface area contributed by atoms with Crippen LogP contribution in [0.1, 0.15) is 50.5 Å². The average molecular weight is 342 g/mol. The molecule has 0 radical (unpaired) electrons. The largest absolute Gasteiger partial charge is 0.464 e. The second-order valence-electron chi connectivity index (χ2n) is 7.59. The first-order valence-corrected chi connectivity index (χ1v) is 9.21. The Morgan fingerprint density at radius 1 is 1.48 bits per heavy atom. The van der Waals surface area contributed by atoms with Crippen molar-refractivity contribution in [2.24, 2.45) is 5.92 Å². The van der Waals surface area contributed by atoms with Crippen molar-refractivity contribution in [1.29, 1.82) is 0 Å². The van der Waals surface area contributed by atoms with E-state index in [4.69, 9.17) is 4.42 Å². The normalized spacial score (nSPS) is 23.3. The van der Waals surface area contributed by atoms with Crippen molar-refractivity contribution in [3.8, 4) is 0 Å². The zero-order valence-electron chi connectivity index (χ0n) is 14.9. The maximum atomic E-state index is 12.7. The number of nitrogens with zero attached hydrogens (tertiary/aromatic N) is 3. The first kappa shape index (κ1) is 16.2. The summed E-state index contributed by atoms with van der Waals surface area (Å²) in [5, 5.41) is 3.11. The van der Waals surface area contributed by atoms with E-state index >= 15 is 0 Å². The minimum Gasteiger partial charge on any atom is -0.464 e. The van der Waals surface area contributed by atoms with E-state index in [0.29, 0.717) is 25.0 Å². The van der Waals surface area contributed by atoms with Crippen LogP contribution in [-0.2, 0) is 13.1 Å². The van der Waals surface area contributed by atoms with Gasteiger partial charge in [-0.1, -0.05) is 6.92 Å². The molecule has 3 atom stereocenters. The second-order valence-corrected chi connectivity index (χ2v) is 7.59. The summed E-state index contributed by atoms with van der Waals surface area (Å²) in [6.45, 7) is 5.53. The molecule has 2 aromatic heterocycles. The van der Waals surface area contributed by atoms with Gasteiger partial charge in [0.2, 0.25) is 0 Å². The minimum atomic E-state index is -0.00662. The number of imidazole rings is 1. The Kier molecular flexibility index (Phi) is 4.27. The third-order valence-corrected chi connectivity index (χ3v) is 5.15. The maximum Gasteiger partial charge on any atom is 0.318 e. The predicted octanol–water partition coefficient (Wildman–Crippen LogP) is 3.36. The monoisotopic (exact) mass is 342 g/mol. The number of carbonyl (C=O) groups excluding carboxylic acids is 1. The number of urea groups is 1. The molecule has 4 rings (SSSR count). The number of hydrogen-bond donors (Lipinski definition) is 1. The summed E-state index contributed by atoms with van der Waals surface area (Å²) in [5.41, 5.74) is 0. The van der Waals surface area contributed by atoms with Gasteiger partial charge in [-0.2, -0.15) is 0 Å². The van der Waals surface area contributed by atoms with Crippen LogP contribution in [0.5, 0.6) is 0 Å². The van der Waals surface area contributed by atoms with Gasteiger partial charge in [0.1, 0.15) is 11.5 Å². The molecule has 0 unspecified atom stereocenters. The Morgan fingerprint density at radius 2 is 2.28 bits per heavy atom. The lowest BCUT2D eigenvalue weighted by atomic mass is 10.3. The number of aromatic nitrogens is 2. The van der Waals surface area contributed by atoms with E-state index in [0.717, 1.165) is 30.3 Å². The van der Waals surface area contributed by atoms with Crippen LogP contribution in [0.4, 0.5) is 4.79 Å². The number of hydrogen-bond acceptors (Lipinski definition) is 3. The van der Waals surface area contributed by atoms with E-state index in [1.54, 1.807) is 12.5 Å². The Labute approximate surface area is 148 Å². The summed E-state index contributed by atoms with van der Waals surface area (Å²) < 4.78 is 7.97. The number of carbonyl (C=O) groups is 1. The Balaban J connectivity index is 1.35. The fourth-order valence-electron chi connectivity index (χ4n) is 3.37. The summed E-state index contributed by atoms with van der Waals surface area (Å²) >= 11 is 0. The van der Waals surface area contributed by atoms with Crippen LogP contribution < -0.4 is 5.32 Å². The van der Waals surface area contributed by atoms with Gasteiger partial charge >= 0.3 is 6.03 Å². The Morgan fingerprint density at radius 3 is 2.92 bits per heavy atom. The van der Waals surface area contributed by atoms with Gasteiger partial charge in [-0.15, -0.1) is 0 Å². The van der Waals surface area contributed by atoms with Gasteiger partial charge in [-0.05, 0) is 44.2 Å². The van der Waals surface area contributed by atoms with Crippen molar-refractivity contribution >= 4 is 6.03 Å². The van der Waals surface area contributed by atoms with E-state index in [1.807, 2.05) is 28.7 Å². The number of rotatable bonds is 7. The van der Waals surface area contributed by atoms with Crippen LogP contribution in [0.3, 0.4) is 0 Å². The topological polar surface area (TPSA) is 63.3 Å². The third-order valence-electron chi connectivity index (χ3n) is 5.15. The van der Waals surface area contributed by atoms with Gasteiger partial charge in [-0.25, -0.2) is 9.78 Å². The molecule has 0 aromatic carbocycles. The van der Waals surface area contributed by atoms with E-state index in [1.165, 1.54) is 6.42 Å². The first-order valence-electron chi connectivity index (χ1n) is 9.21. The Bertz CT molecular complexity index is 720. The van der Waals surface area contributed by atoms with Crippen LogP contribution in [0.25, 0.3) is 0 Å². The van der Waals surface area contributed by atoms with E-state index < -0.39 is 0 Å². The van der Waals surface area contributed by atoms with Gasteiger partial charge in [-0.3, -0.25) is 0 Å². The summed E-state index contributed by atoms with van der Waals surface area (Å²) in [6.07, 6.45) is 8.80. The number of nitrogens with one attached hydrogen (secondary N) is 1. The van der Waals surface area contributed by atoms with E-state index in [2.05, 4.69) is 23.3 Å². The molecule has 6 nitrogen and oxygen atoms in total. The van der Waals surface area contributed by atoms with Gasteiger partial charge in [0, 0.05) is 36.9 Å². The van der Waals surface area contributed by atoms with Crippen molar-refractivity contribution in [2.45, 2.75) is 64.2 Å². The molecule has 0 saturated heterocycles. The van der Waals surface area contributed by atoms with Crippen molar-refractivity contribution in [2.75, 3.05) is 0 Å². The SMILES string of the molecule is C[C@H](Cn1ccnc1)NC(=O)N(Cc1ccc([C@@H]2C[C@H]2C)o1)C1CC1. The summed E-state index contributed by atoms with van der Waals surface area (Å²) in [7, 11) is 0. The molecule has 0 bridgehead atoms. The van der Waals surface area contributed by atoms with Crippen molar-refractivity contribution in [1.82, 2.24) is 19.8 Å². The molecule has 2 fully saturated rings. The highest BCUT2D eigenvalue weighted by molar-refractivity contribution is 5.75. The first-order chi connectivity index (χ1) is 12.1. The van der Waals surface area contributed by atoms with Gasteiger partial charge < -0.3 is 19.2 Å². The van der Waals surface area contributed by atoms with Crippen LogP contribution in [0, 0.1) is 5.92 Å². The van der Waals surface area contributed by atoms with E-state index in [-0.39, 0.29) is 12.1 Å². The standard InChI is InChI=1S/C19H26N4O2/c1-13-9-17(13)18-6-5-16(25-18)11-23(15-3-4-15)19(24)21-14(2)10-22-8-7-20-12-22/h5-8,12-15,17H,3-4,9-11H2,1-2H3,(H,21,24)/t13-,14-,17-/m1/s1. The maximum absolute atomic E-state index is 12.7. The zero-order valence-corrected chi connectivity index (χ0v) is 14.9. The fraction of sp³-hybridized carbons (Fsp3) is 0.579. The molecule has 134 valence electrons. The highest BCUT2D eigenvalue weighted by Gasteiger charge is 2.37. The molecule has 2 aromatic rings. The molecule has 2 aliphatic rings. The van der Waals surface area contributed by atoms with Crippen molar-refractivity contribution in [3.05, 3.63) is 42.4 Å². The lowest BCUT2D eigenvalue weighted by Crippen LogP contribution is -2.45. The highest BCUT2D eigenvalue weighted by atomic mass is 16.3. The molecule has 0 spiro atoms. The van der Waals surface area contributed by atoms with Crippen molar-refractivity contribution < 1.29 is 9.21 Å². The van der Waals surface area contributed by atoms with Crippen LogP contribution in [0.15, 0.2) is 35.3 Å². The fourth-order valence-corrected chi connectivity index (χ4v) is 3.37. The second kappa shape index (κ2) is 6.58. The molecule has 2 saturated carbocycles. The Hall–Kier alpha value is -2.24. The quantitative estimate of drug-likeness (QED) is 0.839. The summed E-state index contributed by atoms with van der Waals surface area (Å²) in [5.74, 6) is 3.27. The molecular weight excluding hydrogens is 316 g/mol. The third kappa shape index (κ3) is 3.89. The van der Waals surface area contributed by atoms with E-state index in [9.17, 15) is 4.79 Å². The van der Waals surface area contributed by atoms with Gasteiger partial charge in [0.25, 0.3) is 0 Å². The summed E-state index contributed by atoms with van der Waals surface area (Å²) in [6, 6.07) is 4.48. The molecule has 2 amide bonds. The predicted molar refractivity (Wildman–Crippen MR) is 94.0 cm³/mol. The molecule has 0 aliphatic heterocycles. The lowest BCUT2D eigenvalue weighted by Gasteiger charge is -2.24. The minimum absolute atomic E-state index is 0.00662. The molecule has 2 heterocycles. The van der Waals surface area contributed by atoms with Crippen LogP contribution in [-0.4, -0.2) is 32.6 Å². The van der Waals surface area contributed by atoms with Crippen LogP contribution in [0.2, 0.25) is 0 Å². The van der Waals surface area contributed by atoms with Crippen LogP contribution >= 0.6 is 0 Å². The number of furan rings is 1. The summed E-state index contributed by atoms with van der Waals surface area (Å²) in [4.78, 5) is 18.7.